The topological polar surface area (TPSA) is 99.7 Å². The number of rotatable bonds is 5. The van der Waals surface area contributed by atoms with E-state index in [1.807, 2.05) is 24.3 Å². The fraction of sp³-hybridized carbons (Fsp3) is 0.320. The number of thiophene rings is 2. The predicted molar refractivity (Wildman–Crippen MR) is 153 cm³/mol. The first kappa shape index (κ1) is 25.9. The van der Waals surface area contributed by atoms with Crippen molar-refractivity contribution in [2.24, 2.45) is 0 Å². The van der Waals surface area contributed by atoms with Crippen LogP contribution in [0.1, 0.15) is 30.2 Å². The van der Waals surface area contributed by atoms with E-state index in [4.69, 9.17) is 16.6 Å². The Kier molecular flexibility index (Phi) is 6.81. The summed E-state index contributed by atoms with van der Waals surface area (Å²) in [6, 6.07) is 10.1. The van der Waals surface area contributed by atoms with E-state index in [2.05, 4.69) is 5.32 Å². The number of fused-ring (bicyclic) bond motifs is 2. The number of nitrogens with one attached hydrogen (secondary N) is 1. The first-order valence-corrected chi connectivity index (χ1v) is 16.3. The van der Waals surface area contributed by atoms with Crippen molar-refractivity contribution in [3.05, 3.63) is 51.2 Å². The highest BCUT2D eigenvalue weighted by molar-refractivity contribution is 7.91. The van der Waals surface area contributed by atoms with Crippen molar-refractivity contribution in [1.29, 1.82) is 0 Å². The fourth-order valence-electron chi connectivity index (χ4n) is 5.00. The van der Waals surface area contributed by atoms with Gasteiger partial charge in [-0.25, -0.2) is 13.4 Å². The summed E-state index contributed by atoms with van der Waals surface area (Å²) >= 11 is 9.98. The molecule has 38 heavy (non-hydrogen) atoms. The summed E-state index contributed by atoms with van der Waals surface area (Å²) in [4.78, 5) is 33.4. The Morgan fingerprint density at radius 2 is 1.92 bits per heavy atom. The minimum atomic E-state index is -3.85. The Hall–Kier alpha value is -2.35. The molecule has 1 unspecified atom stereocenters. The molecule has 0 saturated carbocycles. The number of nitrogens with zero attached hydrogens (tertiary/aromatic N) is 3. The van der Waals surface area contributed by atoms with Gasteiger partial charge in [-0.05, 0) is 49.1 Å². The Labute approximate surface area is 236 Å². The minimum absolute atomic E-state index is 0.0108. The van der Waals surface area contributed by atoms with E-state index in [0.29, 0.717) is 41.7 Å². The van der Waals surface area contributed by atoms with Gasteiger partial charge in [0.15, 0.2) is 0 Å². The quantitative estimate of drug-likeness (QED) is 0.326. The standard InChI is InChI=1S/C25H23ClN4O4S4/c1-14(31)29-12-10-15-19(13-29)36-25(22(15)24-27-16-5-2-3-7-18(16)35-24)28-23(32)17-6-4-11-30(17)38(33,34)21-9-8-20(26)37-21/h2-3,5,7-9,17H,4,6,10-13H2,1H3,(H,28,32). The molecule has 0 aliphatic carbocycles. The highest BCUT2D eigenvalue weighted by atomic mass is 35.5. The Morgan fingerprint density at radius 1 is 1.11 bits per heavy atom. The molecular weight excluding hydrogens is 584 g/mol. The summed E-state index contributed by atoms with van der Waals surface area (Å²) in [6.45, 7) is 2.91. The number of sulfonamides is 1. The first-order chi connectivity index (χ1) is 18.2. The van der Waals surface area contributed by atoms with Crippen LogP contribution in [0.15, 0.2) is 40.6 Å². The van der Waals surface area contributed by atoms with Crippen LogP contribution in [0.5, 0.6) is 0 Å². The number of para-hydroxylation sites is 1. The van der Waals surface area contributed by atoms with Crippen molar-refractivity contribution in [3.8, 4) is 10.6 Å². The molecule has 1 aromatic carbocycles. The largest absolute Gasteiger partial charge is 0.337 e. The molecule has 8 nitrogen and oxygen atoms in total. The number of benzene rings is 1. The summed E-state index contributed by atoms with van der Waals surface area (Å²) in [5.74, 6) is -0.352. The van der Waals surface area contributed by atoms with Crippen molar-refractivity contribution in [3.63, 3.8) is 0 Å². The first-order valence-electron chi connectivity index (χ1n) is 12.1. The third-order valence-corrected chi connectivity index (χ3v) is 12.7. The molecule has 0 bridgehead atoms. The molecule has 5 heterocycles. The Bertz CT molecular complexity index is 1640. The third-order valence-electron chi connectivity index (χ3n) is 6.86. The molecule has 1 atom stereocenters. The van der Waals surface area contributed by atoms with Gasteiger partial charge >= 0.3 is 0 Å². The van der Waals surface area contributed by atoms with E-state index in [1.54, 1.807) is 29.2 Å². The number of hydrogen-bond acceptors (Lipinski definition) is 8. The summed E-state index contributed by atoms with van der Waals surface area (Å²) in [6.07, 6.45) is 1.69. The van der Waals surface area contributed by atoms with Crippen LogP contribution in [0.3, 0.4) is 0 Å². The molecule has 2 amide bonds. The van der Waals surface area contributed by atoms with Gasteiger partial charge in [0.25, 0.3) is 10.0 Å². The molecule has 0 spiro atoms. The van der Waals surface area contributed by atoms with Gasteiger partial charge in [0.2, 0.25) is 11.8 Å². The molecule has 13 heteroatoms. The van der Waals surface area contributed by atoms with Crippen LogP contribution in [-0.2, 0) is 32.6 Å². The lowest BCUT2D eigenvalue weighted by Gasteiger charge is -2.26. The van der Waals surface area contributed by atoms with Crippen LogP contribution in [-0.4, -0.2) is 53.6 Å². The number of thiazole rings is 1. The normalized spacial score (nSPS) is 18.2. The van der Waals surface area contributed by atoms with Gasteiger partial charge in [-0.15, -0.1) is 34.0 Å². The van der Waals surface area contributed by atoms with Crippen molar-refractivity contribution in [2.45, 2.75) is 43.0 Å². The maximum Gasteiger partial charge on any atom is 0.253 e. The number of carbonyl (C=O) groups is 2. The predicted octanol–water partition coefficient (Wildman–Crippen LogP) is 5.44. The lowest BCUT2D eigenvalue weighted by molar-refractivity contribution is -0.129. The molecule has 4 aromatic rings. The zero-order valence-corrected chi connectivity index (χ0v) is 24.3. The second kappa shape index (κ2) is 10.00. The lowest BCUT2D eigenvalue weighted by Crippen LogP contribution is -2.42. The molecule has 3 aromatic heterocycles. The SMILES string of the molecule is CC(=O)N1CCc2c(sc(NC(=O)C3CCCN3S(=O)(=O)c3ccc(Cl)s3)c2-c2nc3ccccc3s2)C1. The lowest BCUT2D eigenvalue weighted by atomic mass is 10.0. The van der Waals surface area contributed by atoms with Crippen molar-refractivity contribution >= 4 is 82.7 Å². The summed E-state index contributed by atoms with van der Waals surface area (Å²) in [7, 11) is -3.85. The van der Waals surface area contributed by atoms with Crippen LogP contribution in [0.4, 0.5) is 5.00 Å². The van der Waals surface area contributed by atoms with Gasteiger partial charge in [-0.1, -0.05) is 23.7 Å². The van der Waals surface area contributed by atoms with Crippen molar-refractivity contribution < 1.29 is 18.0 Å². The van der Waals surface area contributed by atoms with Crippen LogP contribution < -0.4 is 5.32 Å². The number of amides is 2. The van der Waals surface area contributed by atoms with Crippen LogP contribution in [0.2, 0.25) is 4.34 Å². The average molecular weight is 607 g/mol. The highest BCUT2D eigenvalue weighted by Gasteiger charge is 2.41. The van der Waals surface area contributed by atoms with Crippen molar-refractivity contribution in [1.82, 2.24) is 14.2 Å². The second-order valence-corrected chi connectivity index (χ2v) is 15.2. The summed E-state index contributed by atoms with van der Waals surface area (Å²) in [5.41, 5.74) is 2.85. The van der Waals surface area contributed by atoms with Crippen LogP contribution in [0, 0.1) is 0 Å². The third kappa shape index (κ3) is 4.56. The number of aromatic nitrogens is 1. The Balaban J connectivity index is 1.36. The number of anilines is 1. The zero-order valence-electron chi connectivity index (χ0n) is 20.3. The zero-order chi connectivity index (χ0) is 26.6. The molecular formula is C25H23ClN4O4S4. The van der Waals surface area contributed by atoms with Gasteiger partial charge < -0.3 is 10.2 Å². The molecule has 1 N–H and O–H groups in total. The van der Waals surface area contributed by atoms with E-state index in [-0.39, 0.29) is 22.6 Å². The van der Waals surface area contributed by atoms with E-state index in [9.17, 15) is 18.0 Å². The molecule has 2 aliphatic heterocycles. The Morgan fingerprint density at radius 3 is 2.66 bits per heavy atom. The van der Waals surface area contributed by atoms with Crippen molar-refractivity contribution in [2.75, 3.05) is 18.4 Å². The minimum Gasteiger partial charge on any atom is -0.337 e. The van der Waals surface area contributed by atoms with Gasteiger partial charge in [-0.3, -0.25) is 9.59 Å². The van der Waals surface area contributed by atoms with Gasteiger partial charge in [0.05, 0.1) is 21.1 Å². The highest BCUT2D eigenvalue weighted by Crippen LogP contribution is 2.46. The van der Waals surface area contributed by atoms with Gasteiger partial charge in [0, 0.05) is 30.5 Å². The van der Waals surface area contributed by atoms with Gasteiger partial charge in [0.1, 0.15) is 20.3 Å². The fourth-order valence-corrected chi connectivity index (χ4v) is 10.6. The smallest absolute Gasteiger partial charge is 0.253 e. The molecule has 2 aliphatic rings. The molecule has 1 fully saturated rings. The van der Waals surface area contributed by atoms with E-state index in [0.717, 1.165) is 42.6 Å². The van der Waals surface area contributed by atoms with Crippen LogP contribution >= 0.6 is 45.6 Å². The molecule has 1 saturated heterocycles. The van der Waals surface area contributed by atoms with E-state index < -0.39 is 16.1 Å². The number of carbonyl (C=O) groups excluding carboxylic acids is 2. The average Bonchev–Trinajstić information content (AvgIpc) is 3.67. The maximum atomic E-state index is 13.6. The molecule has 6 rings (SSSR count). The monoisotopic (exact) mass is 606 g/mol. The van der Waals surface area contributed by atoms with Gasteiger partial charge in [-0.2, -0.15) is 4.31 Å². The van der Waals surface area contributed by atoms with Crippen LogP contribution in [0.25, 0.3) is 20.8 Å². The summed E-state index contributed by atoms with van der Waals surface area (Å²) < 4.78 is 29.5. The summed E-state index contributed by atoms with van der Waals surface area (Å²) in [5, 5.41) is 4.52. The molecule has 198 valence electrons. The van der Waals surface area contributed by atoms with E-state index >= 15 is 0 Å². The number of halogens is 1. The maximum absolute atomic E-state index is 13.6. The second-order valence-electron chi connectivity index (χ2n) is 9.21. The number of hydrogen-bond donors (Lipinski definition) is 1. The van der Waals surface area contributed by atoms with E-state index in [1.165, 1.54) is 21.7 Å². The molecule has 0 radical (unpaired) electrons.